The Balaban J connectivity index is 1.62. The standard InChI is InChI=1S/C22H25N3O/c1-24(2)12-10-19-14-21(9-8-20(19)15-23)26-22-11-13-25(17-22)16-18-6-4-3-5-7-18/h3-10,12,14,22H,11,13,16-17H2,1-2H3/b12-10+. The van der Waals surface area contributed by atoms with Gasteiger partial charge in [0.2, 0.25) is 0 Å². The van der Waals surface area contributed by atoms with Crippen molar-refractivity contribution in [2.24, 2.45) is 0 Å². The summed E-state index contributed by atoms with van der Waals surface area (Å²) in [5.41, 5.74) is 2.88. The zero-order valence-electron chi connectivity index (χ0n) is 15.4. The third kappa shape index (κ3) is 4.87. The Morgan fingerprint density at radius 3 is 2.77 bits per heavy atom. The predicted molar refractivity (Wildman–Crippen MR) is 105 cm³/mol. The topological polar surface area (TPSA) is 39.5 Å². The summed E-state index contributed by atoms with van der Waals surface area (Å²) in [6.45, 7) is 2.94. The van der Waals surface area contributed by atoms with Crippen LogP contribution in [0.4, 0.5) is 0 Å². The van der Waals surface area contributed by atoms with Gasteiger partial charge in [-0.05, 0) is 48.0 Å². The fourth-order valence-electron chi connectivity index (χ4n) is 3.15. The molecule has 1 heterocycles. The van der Waals surface area contributed by atoms with E-state index in [0.29, 0.717) is 5.56 Å². The van der Waals surface area contributed by atoms with Gasteiger partial charge in [0, 0.05) is 33.7 Å². The van der Waals surface area contributed by atoms with E-state index in [1.54, 1.807) is 0 Å². The van der Waals surface area contributed by atoms with E-state index in [1.165, 1.54) is 5.56 Å². The SMILES string of the molecule is CN(C)/C=C/c1cc(OC2CCN(Cc3ccccc3)C2)ccc1C#N. The highest BCUT2D eigenvalue weighted by Crippen LogP contribution is 2.23. The first kappa shape index (κ1) is 18.0. The van der Waals surface area contributed by atoms with Crippen molar-refractivity contribution in [2.75, 3.05) is 27.2 Å². The smallest absolute Gasteiger partial charge is 0.120 e. The van der Waals surface area contributed by atoms with Gasteiger partial charge in [-0.3, -0.25) is 4.90 Å². The van der Waals surface area contributed by atoms with E-state index >= 15 is 0 Å². The number of likely N-dealkylation sites (tertiary alicyclic amines) is 1. The van der Waals surface area contributed by atoms with Crippen LogP contribution in [0.25, 0.3) is 6.08 Å². The zero-order chi connectivity index (χ0) is 18.4. The van der Waals surface area contributed by atoms with Crippen molar-refractivity contribution >= 4 is 6.08 Å². The van der Waals surface area contributed by atoms with Gasteiger partial charge in [0.15, 0.2) is 0 Å². The molecule has 1 saturated heterocycles. The molecule has 2 aromatic carbocycles. The number of hydrogen-bond acceptors (Lipinski definition) is 4. The summed E-state index contributed by atoms with van der Waals surface area (Å²) in [5, 5.41) is 9.29. The zero-order valence-corrected chi connectivity index (χ0v) is 15.4. The maximum atomic E-state index is 9.29. The summed E-state index contributed by atoms with van der Waals surface area (Å²) >= 11 is 0. The molecular formula is C22H25N3O. The number of nitrogens with zero attached hydrogens (tertiary/aromatic N) is 3. The number of rotatable bonds is 6. The summed E-state index contributed by atoms with van der Waals surface area (Å²) in [6, 6.07) is 18.5. The van der Waals surface area contributed by atoms with Gasteiger partial charge in [-0.2, -0.15) is 5.26 Å². The largest absolute Gasteiger partial charge is 0.489 e. The highest BCUT2D eigenvalue weighted by Gasteiger charge is 2.24. The minimum absolute atomic E-state index is 0.192. The molecule has 134 valence electrons. The molecule has 1 unspecified atom stereocenters. The van der Waals surface area contributed by atoms with Gasteiger partial charge in [-0.1, -0.05) is 30.3 Å². The van der Waals surface area contributed by atoms with Gasteiger partial charge in [0.25, 0.3) is 0 Å². The Hall–Kier alpha value is -2.77. The summed E-state index contributed by atoms with van der Waals surface area (Å²) in [7, 11) is 3.92. The number of ether oxygens (including phenoxy) is 1. The van der Waals surface area contributed by atoms with Crippen molar-refractivity contribution in [1.82, 2.24) is 9.80 Å². The molecule has 4 nitrogen and oxygen atoms in total. The molecule has 0 N–H and O–H groups in total. The summed E-state index contributed by atoms with van der Waals surface area (Å²) in [5.74, 6) is 0.828. The summed E-state index contributed by atoms with van der Waals surface area (Å²) < 4.78 is 6.19. The minimum Gasteiger partial charge on any atom is -0.489 e. The molecule has 0 spiro atoms. The van der Waals surface area contributed by atoms with Crippen LogP contribution in [0.15, 0.2) is 54.7 Å². The average Bonchev–Trinajstić information content (AvgIpc) is 3.07. The van der Waals surface area contributed by atoms with Crippen LogP contribution in [0, 0.1) is 11.3 Å². The van der Waals surface area contributed by atoms with Crippen molar-refractivity contribution in [3.8, 4) is 11.8 Å². The summed E-state index contributed by atoms with van der Waals surface area (Å²) in [4.78, 5) is 4.38. The van der Waals surface area contributed by atoms with Crippen LogP contribution >= 0.6 is 0 Å². The van der Waals surface area contributed by atoms with Crippen LogP contribution in [0.5, 0.6) is 5.75 Å². The second-order valence-corrected chi connectivity index (χ2v) is 6.89. The molecule has 3 rings (SSSR count). The van der Waals surface area contributed by atoms with Crippen molar-refractivity contribution in [3.63, 3.8) is 0 Å². The van der Waals surface area contributed by atoms with E-state index in [0.717, 1.165) is 37.4 Å². The van der Waals surface area contributed by atoms with Crippen LogP contribution in [0.1, 0.15) is 23.1 Å². The highest BCUT2D eigenvalue weighted by atomic mass is 16.5. The molecule has 0 amide bonds. The molecule has 2 aromatic rings. The minimum atomic E-state index is 0.192. The lowest BCUT2D eigenvalue weighted by Gasteiger charge is -2.17. The van der Waals surface area contributed by atoms with E-state index in [4.69, 9.17) is 4.74 Å². The van der Waals surface area contributed by atoms with Crippen molar-refractivity contribution in [3.05, 3.63) is 71.4 Å². The van der Waals surface area contributed by atoms with E-state index in [1.807, 2.05) is 55.5 Å². The second kappa shape index (κ2) is 8.55. The quantitative estimate of drug-likeness (QED) is 0.798. The Bertz CT molecular complexity index is 793. The number of nitriles is 1. The lowest BCUT2D eigenvalue weighted by molar-refractivity contribution is 0.198. The predicted octanol–water partition coefficient (Wildman–Crippen LogP) is 3.74. The van der Waals surface area contributed by atoms with Crippen LogP contribution in [0.2, 0.25) is 0 Å². The van der Waals surface area contributed by atoms with Gasteiger partial charge in [-0.25, -0.2) is 0 Å². The first-order chi connectivity index (χ1) is 12.6. The Kier molecular flexibility index (Phi) is 5.93. The first-order valence-electron chi connectivity index (χ1n) is 8.96. The van der Waals surface area contributed by atoms with Crippen LogP contribution in [-0.4, -0.2) is 43.1 Å². The molecule has 0 aliphatic carbocycles. The molecule has 1 atom stereocenters. The highest BCUT2D eigenvalue weighted by molar-refractivity contribution is 5.60. The third-order valence-corrected chi connectivity index (χ3v) is 4.48. The fourth-order valence-corrected chi connectivity index (χ4v) is 3.15. The second-order valence-electron chi connectivity index (χ2n) is 6.89. The Labute approximate surface area is 155 Å². The van der Waals surface area contributed by atoms with E-state index in [9.17, 15) is 5.26 Å². The van der Waals surface area contributed by atoms with E-state index in [2.05, 4.69) is 35.2 Å². The maximum Gasteiger partial charge on any atom is 0.120 e. The van der Waals surface area contributed by atoms with Crippen molar-refractivity contribution in [2.45, 2.75) is 19.1 Å². The molecule has 0 aromatic heterocycles. The summed E-state index contributed by atoms with van der Waals surface area (Å²) in [6.07, 6.45) is 5.10. The van der Waals surface area contributed by atoms with Gasteiger partial charge in [-0.15, -0.1) is 0 Å². The van der Waals surface area contributed by atoms with Crippen molar-refractivity contribution < 1.29 is 4.74 Å². The van der Waals surface area contributed by atoms with Gasteiger partial charge in [0.1, 0.15) is 11.9 Å². The Morgan fingerprint density at radius 1 is 1.23 bits per heavy atom. The normalized spacial score (nSPS) is 17.3. The van der Waals surface area contributed by atoms with Gasteiger partial charge >= 0.3 is 0 Å². The molecule has 1 aliphatic rings. The number of benzene rings is 2. The maximum absolute atomic E-state index is 9.29. The molecule has 4 heteroatoms. The van der Waals surface area contributed by atoms with Gasteiger partial charge in [0.05, 0.1) is 11.6 Å². The average molecular weight is 347 g/mol. The molecule has 26 heavy (non-hydrogen) atoms. The monoisotopic (exact) mass is 347 g/mol. The lowest BCUT2D eigenvalue weighted by atomic mass is 10.1. The first-order valence-corrected chi connectivity index (χ1v) is 8.96. The molecule has 1 aliphatic heterocycles. The van der Waals surface area contributed by atoms with E-state index < -0.39 is 0 Å². The van der Waals surface area contributed by atoms with Gasteiger partial charge < -0.3 is 9.64 Å². The van der Waals surface area contributed by atoms with Crippen molar-refractivity contribution in [1.29, 1.82) is 5.26 Å². The lowest BCUT2D eigenvalue weighted by Crippen LogP contribution is -2.24. The Morgan fingerprint density at radius 2 is 2.04 bits per heavy atom. The van der Waals surface area contributed by atoms with Crippen LogP contribution in [0.3, 0.4) is 0 Å². The van der Waals surface area contributed by atoms with E-state index in [-0.39, 0.29) is 6.10 Å². The molecule has 1 fully saturated rings. The molecule has 0 saturated carbocycles. The number of hydrogen-bond donors (Lipinski definition) is 0. The van der Waals surface area contributed by atoms with Crippen LogP contribution in [-0.2, 0) is 6.54 Å². The van der Waals surface area contributed by atoms with Crippen LogP contribution < -0.4 is 4.74 Å². The molecular weight excluding hydrogens is 322 g/mol. The molecule has 0 bridgehead atoms. The fraction of sp³-hybridized carbons (Fsp3) is 0.318. The third-order valence-electron chi connectivity index (χ3n) is 4.48. The molecule has 0 radical (unpaired) electrons.